The molecule has 5 rings (SSSR count). The van der Waals surface area contributed by atoms with Gasteiger partial charge < -0.3 is 9.84 Å². The number of hydrogen-bond acceptors (Lipinski definition) is 6. The first-order valence-electron chi connectivity index (χ1n) is 11.6. The van der Waals surface area contributed by atoms with Crippen LogP contribution in [0.5, 0.6) is 0 Å². The van der Waals surface area contributed by atoms with Gasteiger partial charge in [-0.1, -0.05) is 41.6 Å². The molecule has 1 aliphatic carbocycles. The summed E-state index contributed by atoms with van der Waals surface area (Å²) < 4.78 is 9.24. The van der Waals surface area contributed by atoms with Gasteiger partial charge in [-0.05, 0) is 50.8 Å². The van der Waals surface area contributed by atoms with Crippen LogP contribution in [-0.4, -0.2) is 26.9 Å². The molecule has 4 aromatic rings. The first kappa shape index (κ1) is 25.3. The quantitative estimate of drug-likeness (QED) is 0.265. The third-order valence-corrected chi connectivity index (χ3v) is 10.1. The van der Waals surface area contributed by atoms with E-state index in [2.05, 4.69) is 22.3 Å². The topological polar surface area (TPSA) is 93.5 Å². The van der Waals surface area contributed by atoms with E-state index in [-0.39, 0.29) is 0 Å². The van der Waals surface area contributed by atoms with Gasteiger partial charge in [-0.25, -0.2) is 4.79 Å². The Bertz CT molecular complexity index is 1620. The van der Waals surface area contributed by atoms with Crippen molar-refractivity contribution in [1.29, 1.82) is 0 Å². The van der Waals surface area contributed by atoms with Crippen LogP contribution < -0.4 is 5.32 Å². The molecule has 7 nitrogen and oxygen atoms in total. The SMILES string of the molecule is Cc1c(C#Cc2cnn(C)c2NC(=O)OC(C)c2ccccc2Cl)sc2c(C)c(C3(C(=O)O)CC3)sc12. The van der Waals surface area contributed by atoms with Crippen molar-refractivity contribution in [3.05, 3.63) is 67.5 Å². The Hall–Kier alpha value is -3.32. The summed E-state index contributed by atoms with van der Waals surface area (Å²) in [5.41, 5.74) is 2.65. The third kappa shape index (κ3) is 4.50. The smallest absolute Gasteiger partial charge is 0.413 e. The molecule has 0 spiro atoms. The number of nitrogens with zero attached hydrogens (tertiary/aromatic N) is 2. The number of aromatic nitrogens is 2. The van der Waals surface area contributed by atoms with Crippen LogP contribution >= 0.6 is 34.3 Å². The van der Waals surface area contributed by atoms with Crippen LogP contribution in [0.15, 0.2) is 30.5 Å². The van der Waals surface area contributed by atoms with Crippen LogP contribution in [0.2, 0.25) is 5.02 Å². The summed E-state index contributed by atoms with van der Waals surface area (Å²) in [4.78, 5) is 26.3. The Kier molecular flexibility index (Phi) is 6.52. The maximum Gasteiger partial charge on any atom is 0.413 e. The third-order valence-electron chi connectivity index (χ3n) is 6.67. The molecule has 0 bridgehead atoms. The second-order valence-corrected chi connectivity index (χ2v) is 11.6. The number of fused-ring (bicyclic) bond motifs is 1. The molecule has 0 aliphatic heterocycles. The van der Waals surface area contributed by atoms with Crippen LogP contribution in [-0.2, 0) is 22.0 Å². The molecule has 10 heteroatoms. The van der Waals surface area contributed by atoms with Gasteiger partial charge in [0.25, 0.3) is 0 Å². The number of nitrogens with one attached hydrogen (secondary N) is 1. The number of carboxylic acid groups (broad SMARTS) is 1. The van der Waals surface area contributed by atoms with E-state index in [1.807, 2.05) is 32.0 Å². The number of aliphatic carboxylic acids is 1. The number of halogens is 1. The second-order valence-electron chi connectivity index (χ2n) is 9.13. The van der Waals surface area contributed by atoms with E-state index >= 15 is 0 Å². The molecule has 1 saturated carbocycles. The van der Waals surface area contributed by atoms with E-state index in [4.69, 9.17) is 16.3 Å². The van der Waals surface area contributed by atoms with Crippen molar-refractivity contribution in [3.63, 3.8) is 0 Å². The Balaban J connectivity index is 1.37. The highest BCUT2D eigenvalue weighted by Crippen LogP contribution is 2.55. The van der Waals surface area contributed by atoms with Gasteiger partial charge in [0.1, 0.15) is 17.3 Å². The van der Waals surface area contributed by atoms with Gasteiger partial charge in [0, 0.05) is 31.9 Å². The van der Waals surface area contributed by atoms with Crippen molar-refractivity contribution in [2.45, 2.75) is 45.1 Å². The van der Waals surface area contributed by atoms with Crippen LogP contribution in [0.1, 0.15) is 57.9 Å². The molecule has 1 atom stereocenters. The Labute approximate surface area is 227 Å². The van der Waals surface area contributed by atoms with E-state index in [9.17, 15) is 14.7 Å². The lowest BCUT2D eigenvalue weighted by Crippen LogP contribution is -2.18. The van der Waals surface area contributed by atoms with Gasteiger partial charge in [-0.3, -0.25) is 14.8 Å². The molecule has 1 aromatic carbocycles. The van der Waals surface area contributed by atoms with Gasteiger partial charge >= 0.3 is 12.1 Å². The van der Waals surface area contributed by atoms with E-state index in [1.54, 1.807) is 48.9 Å². The number of rotatable bonds is 5. The van der Waals surface area contributed by atoms with Crippen molar-refractivity contribution < 1.29 is 19.4 Å². The Morgan fingerprint density at radius 2 is 1.89 bits per heavy atom. The fourth-order valence-corrected chi connectivity index (χ4v) is 7.52. The maximum absolute atomic E-state index is 12.6. The van der Waals surface area contributed by atoms with Gasteiger partial charge in [-0.15, -0.1) is 22.7 Å². The van der Waals surface area contributed by atoms with E-state index < -0.39 is 23.6 Å². The largest absolute Gasteiger partial charge is 0.481 e. The molecule has 190 valence electrons. The summed E-state index contributed by atoms with van der Waals surface area (Å²) >= 11 is 9.36. The zero-order valence-corrected chi connectivity index (χ0v) is 23.0. The zero-order chi connectivity index (χ0) is 26.5. The fraction of sp³-hybridized carbons (Fsp3) is 0.296. The maximum atomic E-state index is 12.6. The summed E-state index contributed by atoms with van der Waals surface area (Å²) in [7, 11) is 1.71. The fourth-order valence-electron chi connectivity index (χ4n) is 4.35. The molecule has 2 N–H and O–H groups in total. The molecule has 0 saturated heterocycles. The average Bonchev–Trinajstić information content (AvgIpc) is 3.40. The molecule has 1 fully saturated rings. The van der Waals surface area contributed by atoms with E-state index in [0.717, 1.165) is 30.3 Å². The number of thiophene rings is 2. The van der Waals surface area contributed by atoms with Gasteiger partial charge in [-0.2, -0.15) is 5.10 Å². The highest BCUT2D eigenvalue weighted by Gasteiger charge is 2.54. The predicted molar refractivity (Wildman–Crippen MR) is 147 cm³/mol. The molecule has 3 heterocycles. The molecule has 1 amide bonds. The van der Waals surface area contributed by atoms with Gasteiger partial charge in [0.15, 0.2) is 0 Å². The van der Waals surface area contributed by atoms with Gasteiger partial charge in [0.05, 0.1) is 16.6 Å². The number of carbonyl (C=O) groups excluding carboxylic acids is 1. The summed E-state index contributed by atoms with van der Waals surface area (Å²) in [6.07, 6.45) is 1.81. The van der Waals surface area contributed by atoms with Crippen molar-refractivity contribution in [2.24, 2.45) is 7.05 Å². The first-order valence-corrected chi connectivity index (χ1v) is 13.7. The summed E-state index contributed by atoms with van der Waals surface area (Å²) in [6.45, 7) is 5.77. The van der Waals surface area contributed by atoms with Crippen LogP contribution in [0.25, 0.3) is 9.40 Å². The monoisotopic (exact) mass is 553 g/mol. The molecule has 3 aromatic heterocycles. The van der Waals surface area contributed by atoms with Crippen molar-refractivity contribution in [3.8, 4) is 11.8 Å². The molecular formula is C27H24ClN3O4S2. The number of ether oxygens (including phenoxy) is 1. The normalized spacial score (nSPS) is 14.6. The number of anilines is 1. The van der Waals surface area contributed by atoms with Crippen LogP contribution in [0.4, 0.5) is 10.6 Å². The number of aryl methyl sites for hydroxylation is 3. The summed E-state index contributed by atoms with van der Waals surface area (Å²) in [5.74, 6) is 6.05. The summed E-state index contributed by atoms with van der Waals surface area (Å²) in [5, 5.41) is 17.2. The van der Waals surface area contributed by atoms with E-state index in [1.165, 1.54) is 4.68 Å². The number of benzene rings is 1. The first-order chi connectivity index (χ1) is 17.6. The lowest BCUT2D eigenvalue weighted by atomic mass is 10.0. The highest BCUT2D eigenvalue weighted by atomic mass is 35.5. The van der Waals surface area contributed by atoms with Gasteiger partial charge in [0.2, 0.25) is 0 Å². The predicted octanol–water partition coefficient (Wildman–Crippen LogP) is 6.79. The van der Waals surface area contributed by atoms with Crippen LogP contribution in [0.3, 0.4) is 0 Å². The lowest BCUT2D eigenvalue weighted by molar-refractivity contribution is -0.139. The number of carbonyl (C=O) groups is 2. The molecule has 1 aliphatic rings. The molecular weight excluding hydrogens is 530 g/mol. The molecule has 1 unspecified atom stereocenters. The highest BCUT2D eigenvalue weighted by molar-refractivity contribution is 7.28. The minimum Gasteiger partial charge on any atom is -0.481 e. The van der Waals surface area contributed by atoms with Crippen molar-refractivity contribution in [1.82, 2.24) is 9.78 Å². The minimum absolute atomic E-state index is 0.426. The number of hydrogen-bond donors (Lipinski definition) is 2. The number of amides is 1. The average molecular weight is 554 g/mol. The Morgan fingerprint density at radius 1 is 1.19 bits per heavy atom. The zero-order valence-electron chi connectivity index (χ0n) is 20.6. The lowest BCUT2D eigenvalue weighted by Gasteiger charge is -2.15. The number of carboxylic acids is 1. The minimum atomic E-state index is -0.737. The Morgan fingerprint density at radius 3 is 2.54 bits per heavy atom. The van der Waals surface area contributed by atoms with E-state index in [0.29, 0.717) is 34.8 Å². The summed E-state index contributed by atoms with van der Waals surface area (Å²) in [6, 6.07) is 7.21. The van der Waals surface area contributed by atoms with Crippen LogP contribution in [0, 0.1) is 25.7 Å². The molecule has 0 radical (unpaired) electrons. The molecule has 37 heavy (non-hydrogen) atoms. The van der Waals surface area contributed by atoms with Crippen molar-refractivity contribution >= 4 is 61.6 Å². The second kappa shape index (κ2) is 9.53. The standard InChI is InChI=1S/C27H24ClN3O4S2/c1-14-20(36-22-15(2)23(37-21(14)22)27(11-12-27)25(32)33)10-9-17-13-29-31(4)24(17)30-26(34)35-16(3)18-7-5-6-8-19(18)28/h5-8,13,16H,11-12H2,1-4H3,(H,30,34)(H,32,33). The van der Waals surface area contributed by atoms with Crippen molar-refractivity contribution in [2.75, 3.05) is 5.32 Å².